The van der Waals surface area contributed by atoms with E-state index in [4.69, 9.17) is 0 Å². The summed E-state index contributed by atoms with van der Waals surface area (Å²) in [7, 11) is 1.66. The molecule has 0 radical (unpaired) electrons. The van der Waals surface area contributed by atoms with Crippen LogP contribution in [0.3, 0.4) is 0 Å². The van der Waals surface area contributed by atoms with Crippen LogP contribution in [-0.4, -0.2) is 15.7 Å². The summed E-state index contributed by atoms with van der Waals surface area (Å²) in [5, 5.41) is 7.36. The van der Waals surface area contributed by atoms with E-state index in [2.05, 4.69) is 22.5 Å². The molecule has 5 heteroatoms. The van der Waals surface area contributed by atoms with E-state index in [0.717, 1.165) is 42.6 Å². The first-order valence-electron chi connectivity index (χ1n) is 8.59. The van der Waals surface area contributed by atoms with Crippen LogP contribution in [0.1, 0.15) is 35.2 Å². The summed E-state index contributed by atoms with van der Waals surface area (Å²) in [4.78, 5) is 24.4. The van der Waals surface area contributed by atoms with Crippen molar-refractivity contribution in [3.05, 3.63) is 57.0 Å². The molecular weight excluding hydrogens is 302 g/mol. The summed E-state index contributed by atoms with van der Waals surface area (Å²) < 4.78 is 1.36. The number of aryl methyl sites for hydroxylation is 4. The van der Waals surface area contributed by atoms with Gasteiger partial charge in [-0.15, -0.1) is 0 Å². The summed E-state index contributed by atoms with van der Waals surface area (Å²) in [5.41, 5.74) is 5.38. The third-order valence-corrected chi connectivity index (χ3v) is 5.19. The van der Waals surface area contributed by atoms with Gasteiger partial charge in [0.15, 0.2) is 0 Å². The molecule has 2 aliphatic rings. The van der Waals surface area contributed by atoms with E-state index in [0.29, 0.717) is 6.42 Å². The van der Waals surface area contributed by atoms with Gasteiger partial charge in [-0.25, -0.2) is 4.68 Å². The molecule has 124 valence electrons. The smallest absolute Gasteiger partial charge is 0.266 e. The van der Waals surface area contributed by atoms with Gasteiger partial charge in [0.2, 0.25) is 5.91 Å². The molecule has 0 bridgehead atoms. The highest BCUT2D eigenvalue weighted by atomic mass is 16.2. The van der Waals surface area contributed by atoms with Crippen molar-refractivity contribution in [2.45, 2.75) is 38.5 Å². The summed E-state index contributed by atoms with van der Waals surface area (Å²) in [6.07, 6.45) is 5.56. The Kier molecular flexibility index (Phi) is 3.71. The second-order valence-corrected chi connectivity index (χ2v) is 6.84. The van der Waals surface area contributed by atoms with Crippen molar-refractivity contribution >= 4 is 11.6 Å². The fourth-order valence-electron chi connectivity index (χ4n) is 3.80. The van der Waals surface area contributed by atoms with Crippen LogP contribution in [0.15, 0.2) is 29.1 Å². The van der Waals surface area contributed by atoms with Crippen LogP contribution < -0.4 is 10.9 Å². The van der Waals surface area contributed by atoms with E-state index >= 15 is 0 Å². The Hall–Kier alpha value is -2.43. The molecule has 0 saturated carbocycles. The van der Waals surface area contributed by atoms with Crippen LogP contribution in [0.25, 0.3) is 0 Å². The molecular formula is C19H21N3O2. The molecule has 1 aromatic carbocycles. The van der Waals surface area contributed by atoms with Crippen molar-refractivity contribution in [1.29, 1.82) is 0 Å². The molecule has 1 aromatic heterocycles. The van der Waals surface area contributed by atoms with Gasteiger partial charge < -0.3 is 5.32 Å². The van der Waals surface area contributed by atoms with Gasteiger partial charge in [0, 0.05) is 24.7 Å². The number of carbonyl (C=O) groups excluding carboxylic acids is 1. The third-order valence-electron chi connectivity index (χ3n) is 5.19. The van der Waals surface area contributed by atoms with Crippen molar-refractivity contribution in [3.8, 4) is 0 Å². The van der Waals surface area contributed by atoms with E-state index in [1.165, 1.54) is 22.2 Å². The number of rotatable bonds is 2. The first-order valence-corrected chi connectivity index (χ1v) is 8.59. The van der Waals surface area contributed by atoms with Gasteiger partial charge in [0.1, 0.15) is 0 Å². The molecule has 1 amide bonds. The minimum absolute atomic E-state index is 0.0410. The van der Waals surface area contributed by atoms with Crippen molar-refractivity contribution in [2.24, 2.45) is 13.0 Å². The van der Waals surface area contributed by atoms with Gasteiger partial charge in [0.25, 0.3) is 5.56 Å². The summed E-state index contributed by atoms with van der Waals surface area (Å²) in [5.74, 6) is -0.0565. The molecule has 2 aliphatic carbocycles. The maximum Gasteiger partial charge on any atom is 0.266 e. The van der Waals surface area contributed by atoms with Gasteiger partial charge in [-0.3, -0.25) is 9.59 Å². The van der Waals surface area contributed by atoms with Crippen LogP contribution in [0.5, 0.6) is 0 Å². The van der Waals surface area contributed by atoms with E-state index in [1.807, 2.05) is 6.07 Å². The first-order chi connectivity index (χ1) is 11.6. The van der Waals surface area contributed by atoms with Gasteiger partial charge >= 0.3 is 0 Å². The summed E-state index contributed by atoms with van der Waals surface area (Å²) >= 11 is 0. The largest absolute Gasteiger partial charge is 0.326 e. The maximum atomic E-state index is 12.6. The van der Waals surface area contributed by atoms with E-state index in [9.17, 15) is 9.59 Å². The Labute approximate surface area is 140 Å². The topological polar surface area (TPSA) is 64.0 Å². The van der Waals surface area contributed by atoms with Crippen LogP contribution in [0.4, 0.5) is 5.69 Å². The number of hydrogen-bond donors (Lipinski definition) is 1. The minimum Gasteiger partial charge on any atom is -0.326 e. The number of nitrogens with zero attached hydrogens (tertiary/aromatic N) is 2. The Morgan fingerprint density at radius 1 is 1.17 bits per heavy atom. The van der Waals surface area contributed by atoms with Crippen molar-refractivity contribution in [2.75, 3.05) is 5.32 Å². The van der Waals surface area contributed by atoms with Crippen molar-refractivity contribution in [3.63, 3.8) is 0 Å². The molecule has 0 aliphatic heterocycles. The molecule has 1 N–H and O–H groups in total. The van der Waals surface area contributed by atoms with Crippen LogP contribution in [0.2, 0.25) is 0 Å². The average Bonchev–Trinajstić information content (AvgIpc) is 3.03. The second-order valence-electron chi connectivity index (χ2n) is 6.84. The Bertz CT molecular complexity index is 869. The fraction of sp³-hybridized carbons (Fsp3) is 0.421. The highest BCUT2D eigenvalue weighted by Gasteiger charge is 2.26. The van der Waals surface area contributed by atoms with Crippen molar-refractivity contribution < 1.29 is 4.79 Å². The lowest BCUT2D eigenvalue weighted by atomic mass is 9.86. The second kappa shape index (κ2) is 5.89. The van der Waals surface area contributed by atoms with Gasteiger partial charge in [-0.05, 0) is 67.3 Å². The zero-order chi connectivity index (χ0) is 16.7. The van der Waals surface area contributed by atoms with Gasteiger partial charge in [0.05, 0.1) is 5.69 Å². The van der Waals surface area contributed by atoms with E-state index < -0.39 is 0 Å². The number of nitrogens with one attached hydrogen (secondary N) is 1. The number of fused-ring (bicyclic) bond motifs is 2. The predicted octanol–water partition coefficient (Wildman–Crippen LogP) is 2.01. The molecule has 1 atom stereocenters. The molecule has 5 nitrogen and oxygen atoms in total. The Morgan fingerprint density at radius 3 is 2.88 bits per heavy atom. The van der Waals surface area contributed by atoms with Gasteiger partial charge in [-0.2, -0.15) is 5.10 Å². The lowest BCUT2D eigenvalue weighted by Crippen LogP contribution is -2.31. The SMILES string of the molecule is Cn1nc2c(cc1=O)CC(C(=O)Nc1ccc3c(c1)CCC3)CC2. The Morgan fingerprint density at radius 2 is 2.00 bits per heavy atom. The monoisotopic (exact) mass is 323 g/mol. The minimum atomic E-state index is -0.117. The highest BCUT2D eigenvalue weighted by Crippen LogP contribution is 2.27. The maximum absolute atomic E-state index is 12.6. The van der Waals surface area contributed by atoms with E-state index in [1.54, 1.807) is 13.1 Å². The summed E-state index contributed by atoms with van der Waals surface area (Å²) in [6, 6.07) is 7.85. The molecule has 0 saturated heterocycles. The lowest BCUT2D eigenvalue weighted by molar-refractivity contribution is -0.120. The normalized spacial score (nSPS) is 18.8. The predicted molar refractivity (Wildman–Crippen MR) is 92.1 cm³/mol. The highest BCUT2D eigenvalue weighted by molar-refractivity contribution is 5.93. The molecule has 0 fully saturated rings. The molecule has 1 heterocycles. The molecule has 2 aromatic rings. The Balaban J connectivity index is 1.49. The number of benzene rings is 1. The van der Waals surface area contributed by atoms with E-state index in [-0.39, 0.29) is 17.4 Å². The number of aromatic nitrogens is 2. The quantitative estimate of drug-likeness (QED) is 0.919. The van der Waals surface area contributed by atoms with Crippen molar-refractivity contribution in [1.82, 2.24) is 9.78 Å². The molecule has 0 spiro atoms. The zero-order valence-electron chi connectivity index (χ0n) is 13.8. The zero-order valence-corrected chi connectivity index (χ0v) is 13.8. The van der Waals surface area contributed by atoms with Crippen LogP contribution >= 0.6 is 0 Å². The first kappa shape index (κ1) is 15.1. The summed E-state index contributed by atoms with van der Waals surface area (Å²) in [6.45, 7) is 0. The molecule has 24 heavy (non-hydrogen) atoms. The van der Waals surface area contributed by atoms with Crippen LogP contribution in [0, 0.1) is 5.92 Å². The number of amides is 1. The molecule has 1 unspecified atom stereocenters. The number of anilines is 1. The lowest BCUT2D eigenvalue weighted by Gasteiger charge is -2.23. The standard InChI is InChI=1S/C19H21N3O2/c1-22-18(23)11-15-9-14(6-8-17(15)21-22)19(24)20-16-7-5-12-3-2-4-13(12)10-16/h5,7,10-11,14H,2-4,6,8-9H2,1H3,(H,20,24). The van der Waals surface area contributed by atoms with Gasteiger partial charge in [-0.1, -0.05) is 6.07 Å². The molecule has 4 rings (SSSR count). The number of carbonyl (C=O) groups is 1. The number of hydrogen-bond acceptors (Lipinski definition) is 3. The average molecular weight is 323 g/mol. The fourth-order valence-corrected chi connectivity index (χ4v) is 3.80. The third kappa shape index (κ3) is 2.75. The van der Waals surface area contributed by atoms with Crippen LogP contribution in [-0.2, 0) is 37.5 Å².